The Morgan fingerprint density at radius 1 is 1.15 bits per heavy atom. The molecule has 20 heavy (non-hydrogen) atoms. The summed E-state index contributed by atoms with van der Waals surface area (Å²) in [6, 6.07) is 2.30. The fourth-order valence-corrected chi connectivity index (χ4v) is 4.46. The molecule has 1 N–H and O–H groups in total. The Kier molecular flexibility index (Phi) is 5.53. The summed E-state index contributed by atoms with van der Waals surface area (Å²) in [5.41, 5.74) is 0.512. The molecule has 2 rings (SSSR count). The molecule has 0 aromatic heterocycles. The zero-order valence-corrected chi connectivity index (χ0v) is 14.4. The molecule has 1 aliphatic carbocycles. The third-order valence-corrected chi connectivity index (χ3v) is 6.33. The van der Waals surface area contributed by atoms with E-state index in [1.54, 1.807) is 0 Å². The minimum absolute atomic E-state index is 0.512. The molecular formula is C18H36N2. The van der Waals surface area contributed by atoms with Crippen LogP contribution >= 0.6 is 0 Å². The lowest BCUT2D eigenvalue weighted by molar-refractivity contribution is 0.0469. The Morgan fingerprint density at radius 3 is 2.45 bits per heavy atom. The van der Waals surface area contributed by atoms with Crippen molar-refractivity contribution in [1.82, 2.24) is 10.2 Å². The second-order valence-electron chi connectivity index (χ2n) is 7.81. The molecule has 0 aromatic rings. The van der Waals surface area contributed by atoms with E-state index in [9.17, 15) is 0 Å². The first-order chi connectivity index (χ1) is 9.49. The van der Waals surface area contributed by atoms with E-state index in [0.717, 1.165) is 30.6 Å². The molecule has 2 nitrogen and oxygen atoms in total. The quantitative estimate of drug-likeness (QED) is 0.817. The predicted octanol–water partition coefficient (Wildman–Crippen LogP) is 4.05. The van der Waals surface area contributed by atoms with Gasteiger partial charge in [-0.15, -0.1) is 0 Å². The van der Waals surface area contributed by atoms with Crippen molar-refractivity contribution in [2.24, 2.45) is 11.3 Å². The Bertz CT molecular complexity index is 300. The molecule has 0 radical (unpaired) electrons. The largest absolute Gasteiger partial charge is 0.313 e. The molecular weight excluding hydrogens is 244 g/mol. The summed E-state index contributed by atoms with van der Waals surface area (Å²) in [4.78, 5) is 2.82. The van der Waals surface area contributed by atoms with Crippen LogP contribution in [-0.2, 0) is 0 Å². The summed E-state index contributed by atoms with van der Waals surface area (Å²) >= 11 is 0. The van der Waals surface area contributed by atoms with E-state index in [2.05, 4.69) is 44.8 Å². The van der Waals surface area contributed by atoms with Gasteiger partial charge in [0, 0.05) is 18.1 Å². The van der Waals surface area contributed by atoms with Crippen LogP contribution in [0.4, 0.5) is 0 Å². The van der Waals surface area contributed by atoms with Crippen molar-refractivity contribution in [1.29, 1.82) is 0 Å². The first-order valence-electron chi connectivity index (χ1n) is 8.98. The van der Waals surface area contributed by atoms with Gasteiger partial charge in [0.1, 0.15) is 0 Å². The van der Waals surface area contributed by atoms with E-state index in [0.29, 0.717) is 5.41 Å². The summed E-state index contributed by atoms with van der Waals surface area (Å²) in [5.74, 6) is 0.903. The minimum Gasteiger partial charge on any atom is -0.313 e. The van der Waals surface area contributed by atoms with Crippen molar-refractivity contribution < 1.29 is 0 Å². The number of nitrogens with one attached hydrogen (secondary N) is 1. The third-order valence-electron chi connectivity index (χ3n) is 6.33. The fourth-order valence-electron chi connectivity index (χ4n) is 4.46. The van der Waals surface area contributed by atoms with E-state index >= 15 is 0 Å². The molecule has 1 heterocycles. The molecule has 1 saturated carbocycles. The average Bonchev–Trinajstić information content (AvgIpc) is 2.85. The van der Waals surface area contributed by atoms with Crippen LogP contribution in [0, 0.1) is 11.3 Å². The second kappa shape index (κ2) is 6.79. The van der Waals surface area contributed by atoms with Crippen LogP contribution < -0.4 is 5.32 Å². The minimum atomic E-state index is 0.512. The molecule has 0 amide bonds. The van der Waals surface area contributed by atoms with E-state index in [1.165, 1.54) is 45.1 Å². The Hall–Kier alpha value is -0.0800. The normalized spacial score (nSPS) is 36.5. The van der Waals surface area contributed by atoms with Gasteiger partial charge in [0.15, 0.2) is 0 Å². The molecule has 1 aliphatic heterocycles. The topological polar surface area (TPSA) is 15.3 Å². The summed E-state index contributed by atoms with van der Waals surface area (Å²) in [6.45, 7) is 14.5. The van der Waals surface area contributed by atoms with Crippen molar-refractivity contribution in [3.63, 3.8) is 0 Å². The number of hydrogen-bond donors (Lipinski definition) is 1. The van der Waals surface area contributed by atoms with Gasteiger partial charge in [-0.05, 0) is 63.5 Å². The fraction of sp³-hybridized carbons (Fsp3) is 1.00. The van der Waals surface area contributed by atoms with Crippen molar-refractivity contribution in [2.75, 3.05) is 13.1 Å². The zero-order valence-electron chi connectivity index (χ0n) is 14.4. The van der Waals surface area contributed by atoms with Crippen LogP contribution in [0.3, 0.4) is 0 Å². The van der Waals surface area contributed by atoms with E-state index in [1.807, 2.05) is 0 Å². The molecule has 118 valence electrons. The zero-order chi connectivity index (χ0) is 14.8. The summed E-state index contributed by atoms with van der Waals surface area (Å²) in [6.07, 6.45) is 8.30. The van der Waals surface area contributed by atoms with Crippen LogP contribution in [-0.4, -0.2) is 36.1 Å². The molecule has 1 saturated heterocycles. The van der Waals surface area contributed by atoms with Crippen LogP contribution in [0.2, 0.25) is 0 Å². The SMILES string of the molecule is CCNC1CCC(C(C)(C)CC)CC1N1CCCC1C. The first-order valence-corrected chi connectivity index (χ1v) is 8.98. The standard InChI is InChI=1S/C18H36N2/c1-6-18(4,5)15-10-11-16(19-7-2)17(13-15)20-12-8-9-14(20)3/h14-17,19H,6-13H2,1-5H3. The van der Waals surface area contributed by atoms with Gasteiger partial charge in [-0.3, -0.25) is 4.90 Å². The average molecular weight is 280 g/mol. The maximum Gasteiger partial charge on any atom is 0.0254 e. The van der Waals surface area contributed by atoms with Gasteiger partial charge >= 0.3 is 0 Å². The Labute approximate surface area is 126 Å². The van der Waals surface area contributed by atoms with Gasteiger partial charge in [-0.25, -0.2) is 0 Å². The number of rotatable bonds is 5. The molecule has 0 bridgehead atoms. The predicted molar refractivity (Wildman–Crippen MR) is 88.1 cm³/mol. The number of hydrogen-bond acceptors (Lipinski definition) is 2. The Balaban J connectivity index is 2.09. The highest BCUT2D eigenvalue weighted by Crippen LogP contribution is 2.42. The smallest absolute Gasteiger partial charge is 0.0254 e. The summed E-state index contributed by atoms with van der Waals surface area (Å²) < 4.78 is 0. The lowest BCUT2D eigenvalue weighted by Gasteiger charge is -2.47. The van der Waals surface area contributed by atoms with Crippen LogP contribution in [0.15, 0.2) is 0 Å². The third kappa shape index (κ3) is 3.39. The Morgan fingerprint density at radius 2 is 1.90 bits per heavy atom. The highest BCUT2D eigenvalue weighted by atomic mass is 15.2. The van der Waals surface area contributed by atoms with Crippen molar-refractivity contribution in [3.05, 3.63) is 0 Å². The summed E-state index contributed by atoms with van der Waals surface area (Å²) in [7, 11) is 0. The van der Waals surface area contributed by atoms with Crippen LogP contribution in [0.25, 0.3) is 0 Å². The van der Waals surface area contributed by atoms with Crippen LogP contribution in [0.1, 0.15) is 73.1 Å². The molecule has 2 aliphatic rings. The van der Waals surface area contributed by atoms with Gasteiger partial charge in [-0.1, -0.05) is 34.1 Å². The lowest BCUT2D eigenvalue weighted by Crippen LogP contribution is -2.55. The van der Waals surface area contributed by atoms with Crippen LogP contribution in [0.5, 0.6) is 0 Å². The van der Waals surface area contributed by atoms with E-state index in [4.69, 9.17) is 0 Å². The maximum absolute atomic E-state index is 3.78. The van der Waals surface area contributed by atoms with Gasteiger partial charge in [0.05, 0.1) is 0 Å². The van der Waals surface area contributed by atoms with Gasteiger partial charge < -0.3 is 5.32 Å². The molecule has 2 heteroatoms. The molecule has 0 spiro atoms. The molecule has 0 aromatic carbocycles. The first kappa shape index (κ1) is 16.3. The van der Waals surface area contributed by atoms with Gasteiger partial charge in [0.25, 0.3) is 0 Å². The lowest BCUT2D eigenvalue weighted by atomic mass is 9.67. The van der Waals surface area contributed by atoms with E-state index < -0.39 is 0 Å². The molecule has 4 unspecified atom stereocenters. The number of likely N-dealkylation sites (tertiary alicyclic amines) is 1. The number of likely N-dealkylation sites (N-methyl/N-ethyl adjacent to an activating group) is 1. The highest BCUT2D eigenvalue weighted by molar-refractivity contribution is 4.97. The molecule has 4 atom stereocenters. The molecule has 2 fully saturated rings. The van der Waals surface area contributed by atoms with Crippen molar-refractivity contribution in [3.8, 4) is 0 Å². The van der Waals surface area contributed by atoms with E-state index in [-0.39, 0.29) is 0 Å². The van der Waals surface area contributed by atoms with Gasteiger partial charge in [0.2, 0.25) is 0 Å². The monoisotopic (exact) mass is 280 g/mol. The van der Waals surface area contributed by atoms with Crippen molar-refractivity contribution >= 4 is 0 Å². The number of nitrogens with zero attached hydrogens (tertiary/aromatic N) is 1. The van der Waals surface area contributed by atoms with Crippen molar-refractivity contribution in [2.45, 2.75) is 91.3 Å². The highest BCUT2D eigenvalue weighted by Gasteiger charge is 2.41. The van der Waals surface area contributed by atoms with Gasteiger partial charge in [-0.2, -0.15) is 0 Å². The summed E-state index contributed by atoms with van der Waals surface area (Å²) in [5, 5.41) is 3.78. The second-order valence-corrected chi connectivity index (χ2v) is 7.81. The maximum atomic E-state index is 3.78.